The van der Waals surface area contributed by atoms with Crippen molar-refractivity contribution < 1.29 is 17.6 Å². The van der Waals surface area contributed by atoms with Crippen LogP contribution < -0.4 is 0 Å². The van der Waals surface area contributed by atoms with Crippen molar-refractivity contribution in [2.24, 2.45) is 0 Å². The number of hydrogen-bond acceptors (Lipinski definition) is 1. The maximum Gasteiger partial charge on any atom is 0.251 e. The van der Waals surface area contributed by atoms with Gasteiger partial charge in [-0.25, -0.2) is 17.6 Å². The molecule has 2 nitrogen and oxygen atoms in total. The standard InChI is InChI=1S/C27H32F4N2/c1-4-8-17(9-5-2)18-13-21(28)25(22(29)14-18)27-26-20(12-16(3)33(27)15-24(30)31)19-10-6-7-11-23(19)32-26/h6-7,10-11,13-14,16-17,24,27,32H,4-5,8-9,12,15H2,1-3H3/t16-,27?/m1/s1. The number of benzene rings is 2. The number of alkyl halides is 2. The van der Waals surface area contributed by atoms with Crippen LogP contribution in [0.25, 0.3) is 10.9 Å². The van der Waals surface area contributed by atoms with E-state index in [0.717, 1.165) is 42.1 Å². The minimum atomic E-state index is -2.61. The summed E-state index contributed by atoms with van der Waals surface area (Å²) in [7, 11) is 0. The molecule has 3 aromatic rings. The summed E-state index contributed by atoms with van der Waals surface area (Å²) in [6.45, 7) is 5.43. The van der Waals surface area contributed by atoms with Gasteiger partial charge in [-0.3, -0.25) is 4.90 Å². The molecule has 0 amide bonds. The van der Waals surface area contributed by atoms with Crippen molar-refractivity contribution in [1.29, 1.82) is 0 Å². The monoisotopic (exact) mass is 460 g/mol. The summed E-state index contributed by atoms with van der Waals surface area (Å²) in [4.78, 5) is 4.84. The van der Waals surface area contributed by atoms with Crippen LogP contribution >= 0.6 is 0 Å². The van der Waals surface area contributed by atoms with Gasteiger partial charge in [0.25, 0.3) is 6.43 Å². The summed E-state index contributed by atoms with van der Waals surface area (Å²) < 4.78 is 58.4. The third kappa shape index (κ3) is 4.54. The van der Waals surface area contributed by atoms with Crippen molar-refractivity contribution in [1.82, 2.24) is 9.88 Å². The highest BCUT2D eigenvalue weighted by atomic mass is 19.3. The lowest BCUT2D eigenvalue weighted by atomic mass is 9.85. The second kappa shape index (κ2) is 9.88. The van der Waals surface area contributed by atoms with E-state index in [2.05, 4.69) is 18.8 Å². The molecule has 0 spiro atoms. The Morgan fingerprint density at radius 3 is 2.27 bits per heavy atom. The van der Waals surface area contributed by atoms with E-state index >= 15 is 8.78 Å². The molecule has 0 saturated carbocycles. The molecular weight excluding hydrogens is 428 g/mol. The zero-order valence-electron chi connectivity index (χ0n) is 19.5. The molecule has 178 valence electrons. The quantitative estimate of drug-likeness (QED) is 0.341. The highest BCUT2D eigenvalue weighted by Crippen LogP contribution is 2.43. The van der Waals surface area contributed by atoms with Crippen molar-refractivity contribution in [2.45, 2.75) is 77.3 Å². The van der Waals surface area contributed by atoms with Crippen LogP contribution in [0.5, 0.6) is 0 Å². The van der Waals surface area contributed by atoms with Gasteiger partial charge >= 0.3 is 0 Å². The van der Waals surface area contributed by atoms with E-state index in [9.17, 15) is 8.78 Å². The summed E-state index contributed by atoms with van der Waals surface area (Å²) in [6.07, 6.45) is 1.50. The van der Waals surface area contributed by atoms with E-state index in [4.69, 9.17) is 0 Å². The van der Waals surface area contributed by atoms with Crippen molar-refractivity contribution in [3.63, 3.8) is 0 Å². The van der Waals surface area contributed by atoms with Crippen LogP contribution in [-0.4, -0.2) is 28.9 Å². The molecule has 1 unspecified atom stereocenters. The van der Waals surface area contributed by atoms with Crippen LogP contribution in [0.2, 0.25) is 0 Å². The number of fused-ring (bicyclic) bond motifs is 3. The lowest BCUT2D eigenvalue weighted by Crippen LogP contribution is -2.45. The van der Waals surface area contributed by atoms with Crippen LogP contribution in [0.15, 0.2) is 36.4 Å². The van der Waals surface area contributed by atoms with Gasteiger partial charge in [0.15, 0.2) is 0 Å². The first-order valence-electron chi connectivity index (χ1n) is 12.0. The predicted octanol–water partition coefficient (Wildman–Crippen LogP) is 7.73. The number of nitrogens with zero attached hydrogens (tertiary/aromatic N) is 1. The van der Waals surface area contributed by atoms with Crippen LogP contribution in [0.4, 0.5) is 17.6 Å². The number of aromatic nitrogens is 1. The van der Waals surface area contributed by atoms with Crippen LogP contribution in [0.3, 0.4) is 0 Å². The van der Waals surface area contributed by atoms with Crippen LogP contribution in [0.1, 0.15) is 80.8 Å². The first kappa shape index (κ1) is 23.8. The van der Waals surface area contributed by atoms with Gasteiger partial charge in [0, 0.05) is 28.2 Å². The fourth-order valence-electron chi connectivity index (χ4n) is 5.54. The fourth-order valence-corrected chi connectivity index (χ4v) is 5.54. The van der Waals surface area contributed by atoms with Crippen LogP contribution in [0, 0.1) is 11.6 Å². The molecule has 0 radical (unpaired) electrons. The van der Waals surface area contributed by atoms with Crippen molar-refractivity contribution in [3.8, 4) is 0 Å². The van der Waals surface area contributed by atoms with Gasteiger partial charge in [-0.05, 0) is 61.4 Å². The number of nitrogens with one attached hydrogen (secondary N) is 1. The van der Waals surface area contributed by atoms with E-state index in [1.54, 1.807) is 4.90 Å². The zero-order valence-corrected chi connectivity index (χ0v) is 19.5. The third-order valence-electron chi connectivity index (χ3n) is 6.99. The van der Waals surface area contributed by atoms with E-state index in [1.807, 2.05) is 31.2 Å². The minimum Gasteiger partial charge on any atom is -0.357 e. The number of halogens is 4. The molecule has 2 atom stereocenters. The number of rotatable bonds is 8. The zero-order chi connectivity index (χ0) is 23.7. The largest absolute Gasteiger partial charge is 0.357 e. The molecule has 33 heavy (non-hydrogen) atoms. The Balaban J connectivity index is 1.87. The number of hydrogen-bond donors (Lipinski definition) is 1. The van der Waals surface area contributed by atoms with Gasteiger partial charge in [-0.1, -0.05) is 44.9 Å². The molecule has 2 heterocycles. The van der Waals surface area contributed by atoms with Gasteiger partial charge in [0.1, 0.15) is 11.6 Å². The number of para-hydroxylation sites is 1. The average molecular weight is 461 g/mol. The summed E-state index contributed by atoms with van der Waals surface area (Å²) in [5.41, 5.74) is 2.91. The molecule has 1 aromatic heterocycles. The molecule has 0 bridgehead atoms. The predicted molar refractivity (Wildman–Crippen MR) is 125 cm³/mol. The molecule has 1 aliphatic heterocycles. The maximum absolute atomic E-state index is 15.7. The average Bonchev–Trinajstić information content (AvgIpc) is 3.13. The summed E-state index contributed by atoms with van der Waals surface area (Å²) in [6, 6.07) is 9.30. The van der Waals surface area contributed by atoms with Gasteiger partial charge in [0.05, 0.1) is 12.6 Å². The highest BCUT2D eigenvalue weighted by Gasteiger charge is 2.39. The molecule has 0 saturated heterocycles. The van der Waals surface area contributed by atoms with Gasteiger partial charge < -0.3 is 4.98 Å². The van der Waals surface area contributed by atoms with Crippen molar-refractivity contribution in [2.75, 3.05) is 6.54 Å². The summed E-state index contributed by atoms with van der Waals surface area (Å²) in [5, 5.41) is 0.976. The number of aromatic amines is 1. The number of H-pyrrole nitrogens is 1. The molecule has 1 aliphatic rings. The third-order valence-corrected chi connectivity index (χ3v) is 6.99. The van der Waals surface area contributed by atoms with Gasteiger partial charge in [-0.15, -0.1) is 0 Å². The Morgan fingerprint density at radius 2 is 1.67 bits per heavy atom. The normalized spacial score (nSPS) is 19.1. The maximum atomic E-state index is 15.7. The topological polar surface area (TPSA) is 19.0 Å². The lowest BCUT2D eigenvalue weighted by molar-refractivity contribution is 0.0437. The molecule has 0 aliphatic carbocycles. The van der Waals surface area contributed by atoms with E-state index in [-0.39, 0.29) is 17.5 Å². The second-order valence-electron chi connectivity index (χ2n) is 9.28. The first-order valence-corrected chi connectivity index (χ1v) is 12.0. The van der Waals surface area contributed by atoms with Crippen LogP contribution in [-0.2, 0) is 6.42 Å². The Bertz CT molecular complexity index is 1080. The minimum absolute atomic E-state index is 0.0872. The first-order chi connectivity index (χ1) is 15.8. The van der Waals surface area contributed by atoms with Gasteiger partial charge in [0.2, 0.25) is 0 Å². The van der Waals surface area contributed by atoms with E-state index in [0.29, 0.717) is 17.7 Å². The Hall–Kier alpha value is -2.34. The lowest BCUT2D eigenvalue weighted by Gasteiger charge is -2.41. The molecule has 4 rings (SSSR count). The van der Waals surface area contributed by atoms with E-state index in [1.165, 1.54) is 12.1 Å². The summed E-state index contributed by atoms with van der Waals surface area (Å²) in [5.74, 6) is -1.24. The second-order valence-corrected chi connectivity index (χ2v) is 9.28. The SMILES string of the molecule is CCCC(CCC)c1cc(F)c(C2c3[nH]c4ccccc4c3C[C@@H](C)N2CC(F)F)c(F)c1. The molecular formula is C27H32F4N2. The Kier molecular flexibility index (Phi) is 7.13. The molecule has 2 aromatic carbocycles. The molecule has 1 N–H and O–H groups in total. The highest BCUT2D eigenvalue weighted by molar-refractivity contribution is 5.85. The molecule has 6 heteroatoms. The van der Waals surface area contributed by atoms with Gasteiger partial charge in [-0.2, -0.15) is 0 Å². The fraction of sp³-hybridized carbons (Fsp3) is 0.481. The smallest absolute Gasteiger partial charge is 0.251 e. The van der Waals surface area contributed by atoms with E-state index < -0.39 is 30.6 Å². The van der Waals surface area contributed by atoms with Crippen molar-refractivity contribution in [3.05, 3.63) is 70.4 Å². The molecule has 0 fully saturated rings. The van der Waals surface area contributed by atoms with Crippen molar-refractivity contribution >= 4 is 10.9 Å². The Morgan fingerprint density at radius 1 is 1.03 bits per heavy atom. The summed E-state index contributed by atoms with van der Waals surface area (Å²) >= 11 is 0. The Labute approximate surface area is 193 Å².